The van der Waals surface area contributed by atoms with Crippen molar-refractivity contribution in [2.24, 2.45) is 0 Å². The molecule has 150 valence electrons. The average Bonchev–Trinajstić information content (AvgIpc) is 2.93. The van der Waals surface area contributed by atoms with Gasteiger partial charge in [0.05, 0.1) is 17.4 Å². The number of hydrogen-bond acceptors (Lipinski definition) is 6. The average molecular weight is 383 g/mol. The van der Waals surface area contributed by atoms with Crippen molar-refractivity contribution in [3.63, 3.8) is 0 Å². The number of hydrogen-bond donors (Lipinski definition) is 1. The Balaban J connectivity index is 1.57. The quantitative estimate of drug-likeness (QED) is 0.858. The van der Waals surface area contributed by atoms with Gasteiger partial charge in [0.1, 0.15) is 11.6 Å². The van der Waals surface area contributed by atoms with Crippen molar-refractivity contribution in [3.8, 4) is 0 Å². The van der Waals surface area contributed by atoms with Crippen LogP contribution in [0.25, 0.3) is 0 Å². The normalized spacial score (nSPS) is 17.0. The van der Waals surface area contributed by atoms with E-state index in [4.69, 9.17) is 0 Å². The van der Waals surface area contributed by atoms with E-state index in [2.05, 4.69) is 21.4 Å². The Labute approximate surface area is 167 Å². The monoisotopic (exact) mass is 382 g/mol. The highest BCUT2D eigenvalue weighted by atomic mass is 16.2. The van der Waals surface area contributed by atoms with Gasteiger partial charge in [-0.1, -0.05) is 0 Å². The second-order valence-corrected chi connectivity index (χ2v) is 7.66. The van der Waals surface area contributed by atoms with E-state index in [0.29, 0.717) is 11.6 Å². The molecule has 2 aromatic heterocycles. The number of anilines is 3. The van der Waals surface area contributed by atoms with E-state index in [0.717, 1.165) is 49.7 Å². The number of amides is 1. The summed E-state index contributed by atoms with van der Waals surface area (Å²) in [5, 5.41) is 3.57. The third-order valence-electron chi connectivity index (χ3n) is 5.05. The number of aromatic nitrogens is 2. The highest BCUT2D eigenvalue weighted by Crippen LogP contribution is 2.19. The van der Waals surface area contributed by atoms with Gasteiger partial charge in [-0.2, -0.15) is 0 Å². The standard InChI is InChI=1S/C21H30N6O/c1-25(2)19-9-7-16(14-22-19)21(28)27-12-5-6-17(11-13-27)24-18-8-10-20(23-15-18)26(3)4/h7-10,14-15,17,24H,5-6,11-13H2,1-4H3/t17-/m0/s1. The van der Waals surface area contributed by atoms with Crippen molar-refractivity contribution >= 4 is 23.2 Å². The number of nitrogens with one attached hydrogen (secondary N) is 1. The van der Waals surface area contributed by atoms with Crippen molar-refractivity contribution < 1.29 is 4.79 Å². The van der Waals surface area contributed by atoms with Crippen LogP contribution in [0.5, 0.6) is 0 Å². The van der Waals surface area contributed by atoms with E-state index in [9.17, 15) is 4.79 Å². The summed E-state index contributed by atoms with van der Waals surface area (Å²) in [6.07, 6.45) is 6.49. The second kappa shape index (κ2) is 8.91. The zero-order valence-corrected chi connectivity index (χ0v) is 17.2. The molecule has 1 atom stereocenters. The zero-order chi connectivity index (χ0) is 20.1. The molecule has 7 heteroatoms. The minimum Gasteiger partial charge on any atom is -0.381 e. The molecule has 1 amide bonds. The lowest BCUT2D eigenvalue weighted by Gasteiger charge is -2.21. The molecule has 1 N–H and O–H groups in total. The maximum absolute atomic E-state index is 12.8. The first kappa shape index (κ1) is 19.9. The maximum Gasteiger partial charge on any atom is 0.255 e. The fourth-order valence-corrected chi connectivity index (χ4v) is 3.38. The predicted octanol–water partition coefficient (Wildman–Crippen LogP) is 2.72. The molecular formula is C21H30N6O. The van der Waals surface area contributed by atoms with Crippen LogP contribution in [0, 0.1) is 0 Å². The molecule has 1 saturated heterocycles. The fourth-order valence-electron chi connectivity index (χ4n) is 3.38. The predicted molar refractivity (Wildman–Crippen MR) is 114 cm³/mol. The first-order chi connectivity index (χ1) is 13.4. The van der Waals surface area contributed by atoms with Crippen LogP contribution in [0.3, 0.4) is 0 Å². The molecule has 1 aliphatic rings. The van der Waals surface area contributed by atoms with Gasteiger partial charge in [-0.3, -0.25) is 4.79 Å². The molecule has 0 aliphatic carbocycles. The molecule has 1 aliphatic heterocycles. The summed E-state index contributed by atoms with van der Waals surface area (Å²) >= 11 is 0. The van der Waals surface area contributed by atoms with Gasteiger partial charge in [-0.05, 0) is 43.5 Å². The third kappa shape index (κ3) is 4.91. The van der Waals surface area contributed by atoms with Crippen LogP contribution < -0.4 is 15.1 Å². The van der Waals surface area contributed by atoms with Gasteiger partial charge in [0.15, 0.2) is 0 Å². The first-order valence-electron chi connectivity index (χ1n) is 9.76. The van der Waals surface area contributed by atoms with E-state index in [1.165, 1.54) is 0 Å². The van der Waals surface area contributed by atoms with Gasteiger partial charge in [0.25, 0.3) is 5.91 Å². The van der Waals surface area contributed by atoms with Crippen molar-refractivity contribution in [2.45, 2.75) is 25.3 Å². The molecule has 2 aromatic rings. The van der Waals surface area contributed by atoms with E-state index in [1.807, 2.05) is 67.3 Å². The number of carbonyl (C=O) groups excluding carboxylic acids is 1. The van der Waals surface area contributed by atoms with Crippen LogP contribution in [0.4, 0.5) is 17.3 Å². The molecule has 7 nitrogen and oxygen atoms in total. The topological polar surface area (TPSA) is 64.6 Å². The molecule has 0 saturated carbocycles. The van der Waals surface area contributed by atoms with E-state index < -0.39 is 0 Å². The van der Waals surface area contributed by atoms with Gasteiger partial charge < -0.3 is 20.0 Å². The Hall–Kier alpha value is -2.83. The lowest BCUT2D eigenvalue weighted by Crippen LogP contribution is -2.32. The molecular weight excluding hydrogens is 352 g/mol. The van der Waals surface area contributed by atoms with Crippen LogP contribution in [0.2, 0.25) is 0 Å². The van der Waals surface area contributed by atoms with E-state index >= 15 is 0 Å². The van der Waals surface area contributed by atoms with Gasteiger partial charge >= 0.3 is 0 Å². The second-order valence-electron chi connectivity index (χ2n) is 7.66. The summed E-state index contributed by atoms with van der Waals surface area (Å²) < 4.78 is 0. The molecule has 3 rings (SSSR count). The third-order valence-corrected chi connectivity index (χ3v) is 5.05. The number of rotatable bonds is 5. The summed E-state index contributed by atoms with van der Waals surface area (Å²) in [7, 11) is 7.84. The Kier molecular flexibility index (Phi) is 6.34. The zero-order valence-electron chi connectivity index (χ0n) is 17.2. The Morgan fingerprint density at radius 3 is 2.21 bits per heavy atom. The van der Waals surface area contributed by atoms with Crippen LogP contribution in [0.1, 0.15) is 29.6 Å². The van der Waals surface area contributed by atoms with Crippen molar-refractivity contribution in [3.05, 3.63) is 42.2 Å². The molecule has 0 radical (unpaired) electrons. The van der Waals surface area contributed by atoms with Crippen molar-refractivity contribution in [1.29, 1.82) is 0 Å². The number of likely N-dealkylation sites (tertiary alicyclic amines) is 1. The van der Waals surface area contributed by atoms with Crippen LogP contribution in [-0.4, -0.2) is 68.1 Å². The highest BCUT2D eigenvalue weighted by molar-refractivity contribution is 5.94. The Morgan fingerprint density at radius 2 is 1.64 bits per heavy atom. The summed E-state index contributed by atoms with van der Waals surface area (Å²) in [6.45, 7) is 1.53. The molecule has 0 bridgehead atoms. The lowest BCUT2D eigenvalue weighted by atomic mass is 10.1. The fraction of sp³-hybridized carbons (Fsp3) is 0.476. The summed E-state index contributed by atoms with van der Waals surface area (Å²) in [4.78, 5) is 27.5. The first-order valence-corrected chi connectivity index (χ1v) is 9.76. The SMILES string of the molecule is CN(C)c1ccc(N[C@H]2CCCN(C(=O)c3ccc(N(C)C)nc3)CC2)cn1. The molecule has 3 heterocycles. The molecule has 0 spiro atoms. The van der Waals surface area contributed by atoms with Gasteiger partial charge in [-0.25, -0.2) is 9.97 Å². The lowest BCUT2D eigenvalue weighted by molar-refractivity contribution is 0.0761. The van der Waals surface area contributed by atoms with Crippen molar-refractivity contribution in [2.75, 3.05) is 56.4 Å². The molecule has 0 aromatic carbocycles. The van der Waals surface area contributed by atoms with Crippen molar-refractivity contribution in [1.82, 2.24) is 14.9 Å². The van der Waals surface area contributed by atoms with Crippen LogP contribution in [0.15, 0.2) is 36.7 Å². The Bertz CT molecular complexity index is 772. The van der Waals surface area contributed by atoms with Crippen LogP contribution >= 0.6 is 0 Å². The van der Waals surface area contributed by atoms with Gasteiger partial charge in [-0.15, -0.1) is 0 Å². The molecule has 1 fully saturated rings. The minimum atomic E-state index is 0.0652. The van der Waals surface area contributed by atoms with Crippen LogP contribution in [-0.2, 0) is 0 Å². The highest BCUT2D eigenvalue weighted by Gasteiger charge is 2.22. The summed E-state index contributed by atoms with van der Waals surface area (Å²) in [6, 6.07) is 8.18. The Morgan fingerprint density at radius 1 is 0.964 bits per heavy atom. The number of pyridine rings is 2. The summed E-state index contributed by atoms with van der Waals surface area (Å²) in [5.74, 6) is 1.86. The smallest absolute Gasteiger partial charge is 0.255 e. The number of carbonyl (C=O) groups is 1. The molecule has 28 heavy (non-hydrogen) atoms. The van der Waals surface area contributed by atoms with E-state index in [-0.39, 0.29) is 5.91 Å². The largest absolute Gasteiger partial charge is 0.381 e. The van der Waals surface area contributed by atoms with Gasteiger partial charge in [0, 0.05) is 53.5 Å². The number of nitrogens with zero attached hydrogens (tertiary/aromatic N) is 5. The van der Waals surface area contributed by atoms with Gasteiger partial charge in [0.2, 0.25) is 0 Å². The minimum absolute atomic E-state index is 0.0652. The maximum atomic E-state index is 12.8. The van der Waals surface area contributed by atoms with E-state index in [1.54, 1.807) is 6.20 Å². The summed E-state index contributed by atoms with van der Waals surface area (Å²) in [5.41, 5.74) is 1.68. The molecule has 0 unspecified atom stereocenters.